The van der Waals surface area contributed by atoms with E-state index in [2.05, 4.69) is 0 Å². The molecule has 0 saturated heterocycles. The predicted molar refractivity (Wildman–Crippen MR) is 40.4 cm³/mol. The molecule has 0 aliphatic heterocycles. The van der Waals surface area contributed by atoms with E-state index in [-0.39, 0.29) is 6.29 Å². The number of hydrogen-bond acceptors (Lipinski definition) is 5. The molecule has 0 aliphatic carbocycles. The van der Waals surface area contributed by atoms with Crippen LogP contribution < -0.4 is 0 Å². The summed E-state index contributed by atoms with van der Waals surface area (Å²) in [5.74, 6) is 0. The lowest BCUT2D eigenvalue weighted by Crippen LogP contribution is -2.59. The molecule has 12 heavy (non-hydrogen) atoms. The molecule has 0 amide bonds. The second-order valence-electron chi connectivity index (χ2n) is 3.11. The van der Waals surface area contributed by atoms with Gasteiger partial charge in [-0.2, -0.15) is 0 Å². The van der Waals surface area contributed by atoms with Crippen LogP contribution in [0.3, 0.4) is 0 Å². The van der Waals surface area contributed by atoms with Crippen LogP contribution in [0.25, 0.3) is 0 Å². The van der Waals surface area contributed by atoms with Crippen LogP contribution in [0.2, 0.25) is 0 Å². The Hall–Kier alpha value is -0.490. The fourth-order valence-electron chi connectivity index (χ4n) is 0.634. The molecule has 0 aliphatic rings. The minimum Gasteiger partial charge on any atom is -0.394 e. The third kappa shape index (κ3) is 1.81. The number of aldehydes is 1. The molecule has 0 bridgehead atoms. The van der Waals surface area contributed by atoms with E-state index in [9.17, 15) is 15.0 Å². The molecule has 0 spiro atoms. The SMILES string of the molecule is C[C@@](O)(C=O)[C@](C)(O)[C@H](O)CO. The summed E-state index contributed by atoms with van der Waals surface area (Å²) in [5, 5.41) is 36.2. The van der Waals surface area contributed by atoms with Crippen molar-refractivity contribution in [3.63, 3.8) is 0 Å². The molecule has 5 nitrogen and oxygen atoms in total. The molecule has 0 aromatic carbocycles. The standard InChI is InChI=1S/C7H14O5/c1-6(11,4-9)7(2,12)5(10)3-8/h4-5,8,10-12H,3H2,1-2H3/t5-,6-,7-/m1/s1. The van der Waals surface area contributed by atoms with Crippen molar-refractivity contribution in [2.45, 2.75) is 31.2 Å². The van der Waals surface area contributed by atoms with Crippen LogP contribution >= 0.6 is 0 Å². The molecular formula is C7H14O5. The molecule has 0 aromatic rings. The van der Waals surface area contributed by atoms with E-state index in [1.54, 1.807) is 0 Å². The molecule has 0 fully saturated rings. The Morgan fingerprint density at radius 1 is 1.42 bits per heavy atom. The minimum absolute atomic E-state index is 0.117. The van der Waals surface area contributed by atoms with Crippen molar-refractivity contribution in [3.05, 3.63) is 0 Å². The molecule has 0 saturated carbocycles. The number of rotatable bonds is 4. The zero-order valence-corrected chi connectivity index (χ0v) is 7.06. The van der Waals surface area contributed by atoms with Gasteiger partial charge in [0.05, 0.1) is 6.61 Å². The van der Waals surface area contributed by atoms with Crippen LogP contribution in [0, 0.1) is 0 Å². The van der Waals surface area contributed by atoms with E-state index in [0.717, 1.165) is 13.8 Å². The van der Waals surface area contributed by atoms with E-state index in [1.165, 1.54) is 0 Å². The second kappa shape index (κ2) is 3.49. The Labute approximate surface area is 70.3 Å². The number of aliphatic hydroxyl groups is 4. The third-order valence-corrected chi connectivity index (χ3v) is 2.08. The molecule has 0 rings (SSSR count). The van der Waals surface area contributed by atoms with E-state index in [1.807, 2.05) is 0 Å². The highest BCUT2D eigenvalue weighted by atomic mass is 16.4. The van der Waals surface area contributed by atoms with Crippen LogP contribution in [0.15, 0.2) is 0 Å². The molecular weight excluding hydrogens is 164 g/mol. The maximum Gasteiger partial charge on any atom is 0.154 e. The van der Waals surface area contributed by atoms with Crippen LogP contribution in [-0.2, 0) is 4.79 Å². The molecule has 0 aromatic heterocycles. The number of carbonyl (C=O) groups is 1. The minimum atomic E-state index is -2.07. The fraction of sp³-hybridized carbons (Fsp3) is 0.857. The highest BCUT2D eigenvalue weighted by molar-refractivity contribution is 5.64. The van der Waals surface area contributed by atoms with Crippen LogP contribution in [0.1, 0.15) is 13.8 Å². The lowest BCUT2D eigenvalue weighted by atomic mass is 9.83. The highest BCUT2D eigenvalue weighted by Crippen LogP contribution is 2.23. The summed E-state index contributed by atoms with van der Waals surface area (Å²) < 4.78 is 0. The van der Waals surface area contributed by atoms with Crippen LogP contribution in [0.4, 0.5) is 0 Å². The van der Waals surface area contributed by atoms with E-state index in [0.29, 0.717) is 0 Å². The van der Waals surface area contributed by atoms with Gasteiger partial charge in [0.2, 0.25) is 0 Å². The van der Waals surface area contributed by atoms with Crippen molar-refractivity contribution in [1.29, 1.82) is 0 Å². The van der Waals surface area contributed by atoms with Gasteiger partial charge in [0.1, 0.15) is 17.3 Å². The first-order chi connectivity index (χ1) is 5.29. The first-order valence-corrected chi connectivity index (χ1v) is 3.49. The monoisotopic (exact) mass is 178 g/mol. The molecule has 0 radical (unpaired) electrons. The summed E-state index contributed by atoms with van der Waals surface area (Å²) in [6.45, 7) is 1.40. The summed E-state index contributed by atoms with van der Waals surface area (Å²) >= 11 is 0. The number of carbonyl (C=O) groups excluding carboxylic acids is 1. The Morgan fingerprint density at radius 3 is 2.08 bits per heavy atom. The first kappa shape index (κ1) is 11.5. The number of hydrogen-bond donors (Lipinski definition) is 4. The van der Waals surface area contributed by atoms with Gasteiger partial charge in [0.25, 0.3) is 0 Å². The van der Waals surface area contributed by atoms with Gasteiger partial charge in [-0.3, -0.25) is 0 Å². The van der Waals surface area contributed by atoms with E-state index in [4.69, 9.17) is 10.2 Å². The second-order valence-corrected chi connectivity index (χ2v) is 3.11. The zero-order valence-electron chi connectivity index (χ0n) is 7.06. The van der Waals surface area contributed by atoms with Crippen molar-refractivity contribution < 1.29 is 25.2 Å². The molecule has 72 valence electrons. The maximum atomic E-state index is 10.3. The normalized spacial score (nSPS) is 23.8. The van der Waals surface area contributed by atoms with Crippen LogP contribution in [-0.4, -0.2) is 50.6 Å². The summed E-state index contributed by atoms with van der Waals surface area (Å²) in [5.41, 5.74) is -4.13. The Bertz CT molecular complexity index is 163. The lowest BCUT2D eigenvalue weighted by molar-refractivity contribution is -0.188. The molecule has 0 unspecified atom stereocenters. The molecule has 3 atom stereocenters. The molecule has 4 N–H and O–H groups in total. The van der Waals surface area contributed by atoms with Crippen molar-refractivity contribution in [3.8, 4) is 0 Å². The topological polar surface area (TPSA) is 98.0 Å². The largest absolute Gasteiger partial charge is 0.394 e. The average molecular weight is 178 g/mol. The quantitative estimate of drug-likeness (QED) is 0.375. The van der Waals surface area contributed by atoms with Gasteiger partial charge in [-0.15, -0.1) is 0 Å². The van der Waals surface area contributed by atoms with Crippen molar-refractivity contribution in [2.75, 3.05) is 6.61 Å². The van der Waals surface area contributed by atoms with Gasteiger partial charge in [-0.1, -0.05) is 0 Å². The van der Waals surface area contributed by atoms with Crippen molar-refractivity contribution in [1.82, 2.24) is 0 Å². The van der Waals surface area contributed by atoms with Crippen molar-refractivity contribution in [2.24, 2.45) is 0 Å². The van der Waals surface area contributed by atoms with Crippen LogP contribution in [0.5, 0.6) is 0 Å². The molecule has 5 heteroatoms. The van der Waals surface area contributed by atoms with Gasteiger partial charge in [-0.05, 0) is 13.8 Å². The summed E-state index contributed by atoms with van der Waals surface area (Å²) in [4.78, 5) is 10.3. The summed E-state index contributed by atoms with van der Waals surface area (Å²) in [6, 6.07) is 0. The number of aliphatic hydroxyl groups excluding tert-OH is 2. The summed E-state index contributed by atoms with van der Waals surface area (Å²) in [6.07, 6.45) is -1.44. The third-order valence-electron chi connectivity index (χ3n) is 2.08. The maximum absolute atomic E-state index is 10.3. The lowest BCUT2D eigenvalue weighted by Gasteiger charge is -2.37. The van der Waals surface area contributed by atoms with Gasteiger partial charge >= 0.3 is 0 Å². The van der Waals surface area contributed by atoms with Gasteiger partial charge in [0.15, 0.2) is 6.29 Å². The Kier molecular flexibility index (Phi) is 3.34. The predicted octanol–water partition coefficient (Wildman–Crippen LogP) is -1.96. The average Bonchev–Trinajstić information content (AvgIpc) is 2.02. The van der Waals surface area contributed by atoms with Crippen molar-refractivity contribution >= 4 is 6.29 Å². The smallest absolute Gasteiger partial charge is 0.154 e. The van der Waals surface area contributed by atoms with Gasteiger partial charge in [0, 0.05) is 0 Å². The molecule has 0 heterocycles. The van der Waals surface area contributed by atoms with E-state index < -0.39 is 23.9 Å². The highest BCUT2D eigenvalue weighted by Gasteiger charge is 2.47. The summed E-state index contributed by atoms with van der Waals surface area (Å²) in [7, 11) is 0. The van der Waals surface area contributed by atoms with Gasteiger partial charge < -0.3 is 25.2 Å². The Balaban J connectivity index is 4.70. The fourth-order valence-corrected chi connectivity index (χ4v) is 0.634. The van der Waals surface area contributed by atoms with Gasteiger partial charge in [-0.25, -0.2) is 0 Å². The first-order valence-electron chi connectivity index (χ1n) is 3.49. The zero-order chi connectivity index (χ0) is 9.99. The Morgan fingerprint density at radius 2 is 1.83 bits per heavy atom. The van der Waals surface area contributed by atoms with E-state index >= 15 is 0 Å².